The van der Waals surface area contributed by atoms with Crippen LogP contribution in [0, 0.1) is 0 Å². The van der Waals surface area contributed by atoms with Crippen molar-refractivity contribution in [1.82, 2.24) is 5.32 Å². The lowest BCUT2D eigenvalue weighted by Crippen LogP contribution is -2.39. The first-order valence-corrected chi connectivity index (χ1v) is 7.81. The largest absolute Gasteiger partial charge is 0.382 e. The minimum absolute atomic E-state index is 0.703. The van der Waals surface area contributed by atoms with Gasteiger partial charge in [-0.05, 0) is 38.0 Å². The van der Waals surface area contributed by atoms with Crippen molar-refractivity contribution in [2.24, 2.45) is 0 Å². The molecule has 1 N–H and O–H groups in total. The standard InChI is InChI=1S/C13H27NO2S/c1-12-13(6-5-11-17-12)14-7-3-4-8-16-10-9-15-2/h12-14H,3-11H2,1-2H3. The van der Waals surface area contributed by atoms with Gasteiger partial charge in [-0.25, -0.2) is 0 Å². The van der Waals surface area contributed by atoms with Crippen LogP contribution in [0.2, 0.25) is 0 Å². The Hall–Kier alpha value is 0.230. The van der Waals surface area contributed by atoms with Crippen molar-refractivity contribution in [3.8, 4) is 0 Å². The molecule has 0 aromatic carbocycles. The van der Waals surface area contributed by atoms with Crippen LogP contribution < -0.4 is 5.32 Å². The van der Waals surface area contributed by atoms with Gasteiger partial charge in [0, 0.05) is 25.0 Å². The van der Waals surface area contributed by atoms with Gasteiger partial charge in [0.1, 0.15) is 0 Å². The first-order valence-electron chi connectivity index (χ1n) is 6.76. The molecule has 0 saturated carbocycles. The molecule has 0 aromatic heterocycles. The molecule has 102 valence electrons. The van der Waals surface area contributed by atoms with Gasteiger partial charge in [-0.2, -0.15) is 11.8 Å². The number of unbranched alkanes of at least 4 members (excludes halogenated alkanes) is 1. The van der Waals surface area contributed by atoms with Crippen molar-refractivity contribution >= 4 is 11.8 Å². The fraction of sp³-hybridized carbons (Fsp3) is 1.00. The van der Waals surface area contributed by atoms with Gasteiger partial charge in [-0.15, -0.1) is 0 Å². The number of hydrogen-bond donors (Lipinski definition) is 1. The highest BCUT2D eigenvalue weighted by molar-refractivity contribution is 7.99. The minimum Gasteiger partial charge on any atom is -0.382 e. The van der Waals surface area contributed by atoms with Crippen molar-refractivity contribution in [3.05, 3.63) is 0 Å². The second kappa shape index (κ2) is 10.2. The Morgan fingerprint density at radius 1 is 1.24 bits per heavy atom. The molecule has 2 atom stereocenters. The van der Waals surface area contributed by atoms with E-state index in [0.717, 1.165) is 37.5 Å². The van der Waals surface area contributed by atoms with Gasteiger partial charge in [-0.1, -0.05) is 6.92 Å². The number of rotatable bonds is 9. The zero-order chi connectivity index (χ0) is 12.3. The van der Waals surface area contributed by atoms with Gasteiger partial charge in [0.2, 0.25) is 0 Å². The quantitative estimate of drug-likeness (QED) is 0.645. The summed E-state index contributed by atoms with van der Waals surface area (Å²) in [6, 6.07) is 0.725. The van der Waals surface area contributed by atoms with E-state index in [4.69, 9.17) is 9.47 Å². The summed E-state index contributed by atoms with van der Waals surface area (Å²) in [7, 11) is 1.70. The highest BCUT2D eigenvalue weighted by Crippen LogP contribution is 2.24. The molecule has 1 aliphatic rings. The van der Waals surface area contributed by atoms with E-state index in [1.807, 2.05) is 0 Å². The summed E-state index contributed by atoms with van der Waals surface area (Å²) in [4.78, 5) is 0. The van der Waals surface area contributed by atoms with Crippen molar-refractivity contribution in [1.29, 1.82) is 0 Å². The SMILES string of the molecule is COCCOCCCCNC1CCCSC1C. The van der Waals surface area contributed by atoms with Crippen molar-refractivity contribution in [3.63, 3.8) is 0 Å². The molecular weight excluding hydrogens is 234 g/mol. The fourth-order valence-electron chi connectivity index (χ4n) is 2.05. The third-order valence-electron chi connectivity index (χ3n) is 3.16. The Kier molecular flexibility index (Phi) is 9.16. The summed E-state index contributed by atoms with van der Waals surface area (Å²) in [6.45, 7) is 5.76. The van der Waals surface area contributed by atoms with Crippen LogP contribution in [-0.2, 0) is 9.47 Å². The van der Waals surface area contributed by atoms with Gasteiger partial charge in [0.15, 0.2) is 0 Å². The molecule has 3 nitrogen and oxygen atoms in total. The average Bonchev–Trinajstić information content (AvgIpc) is 2.35. The monoisotopic (exact) mass is 261 g/mol. The molecule has 1 rings (SSSR count). The molecule has 1 aliphatic heterocycles. The van der Waals surface area contributed by atoms with Crippen LogP contribution in [-0.4, -0.2) is 50.5 Å². The van der Waals surface area contributed by atoms with E-state index in [2.05, 4.69) is 24.0 Å². The minimum atomic E-state index is 0.703. The van der Waals surface area contributed by atoms with E-state index in [0.29, 0.717) is 6.61 Å². The van der Waals surface area contributed by atoms with E-state index < -0.39 is 0 Å². The first kappa shape index (κ1) is 15.3. The highest BCUT2D eigenvalue weighted by atomic mass is 32.2. The second-order valence-electron chi connectivity index (χ2n) is 4.59. The molecule has 0 radical (unpaired) electrons. The maximum atomic E-state index is 5.43. The summed E-state index contributed by atoms with van der Waals surface area (Å²) in [5.74, 6) is 1.34. The molecular formula is C13H27NO2S. The highest BCUT2D eigenvalue weighted by Gasteiger charge is 2.20. The van der Waals surface area contributed by atoms with E-state index in [9.17, 15) is 0 Å². The summed E-state index contributed by atoms with van der Waals surface area (Å²) in [6.07, 6.45) is 5.07. The van der Waals surface area contributed by atoms with E-state index >= 15 is 0 Å². The third kappa shape index (κ3) is 7.29. The molecule has 1 saturated heterocycles. The lowest BCUT2D eigenvalue weighted by Gasteiger charge is -2.29. The van der Waals surface area contributed by atoms with E-state index in [-0.39, 0.29) is 0 Å². The van der Waals surface area contributed by atoms with Crippen LogP contribution >= 0.6 is 11.8 Å². The topological polar surface area (TPSA) is 30.5 Å². The maximum absolute atomic E-state index is 5.43. The molecule has 0 aromatic rings. The molecule has 17 heavy (non-hydrogen) atoms. The number of nitrogens with one attached hydrogen (secondary N) is 1. The Labute approximate surface area is 110 Å². The number of methoxy groups -OCH3 is 1. The van der Waals surface area contributed by atoms with Crippen LogP contribution in [0.25, 0.3) is 0 Å². The van der Waals surface area contributed by atoms with E-state index in [1.54, 1.807) is 7.11 Å². The van der Waals surface area contributed by atoms with Crippen LogP contribution in [0.1, 0.15) is 32.6 Å². The third-order valence-corrected chi connectivity index (χ3v) is 4.54. The van der Waals surface area contributed by atoms with Crippen LogP contribution in [0.3, 0.4) is 0 Å². The lowest BCUT2D eigenvalue weighted by atomic mass is 10.1. The van der Waals surface area contributed by atoms with Gasteiger partial charge >= 0.3 is 0 Å². The lowest BCUT2D eigenvalue weighted by molar-refractivity contribution is 0.0687. The number of ether oxygens (including phenoxy) is 2. The van der Waals surface area contributed by atoms with E-state index in [1.165, 1.54) is 25.0 Å². The first-order chi connectivity index (χ1) is 8.34. The second-order valence-corrected chi connectivity index (χ2v) is 6.08. The number of thioether (sulfide) groups is 1. The van der Waals surface area contributed by atoms with Crippen molar-refractivity contribution in [2.45, 2.75) is 43.9 Å². The van der Waals surface area contributed by atoms with Gasteiger partial charge in [-0.3, -0.25) is 0 Å². The van der Waals surface area contributed by atoms with Gasteiger partial charge in [0.05, 0.1) is 13.2 Å². The molecule has 1 heterocycles. The predicted molar refractivity (Wildman–Crippen MR) is 74.9 cm³/mol. The summed E-state index contributed by atoms with van der Waals surface area (Å²) in [5, 5.41) is 4.45. The normalized spacial score (nSPS) is 25.1. The zero-order valence-electron chi connectivity index (χ0n) is 11.2. The molecule has 0 amide bonds. The Morgan fingerprint density at radius 2 is 2.12 bits per heavy atom. The Morgan fingerprint density at radius 3 is 2.88 bits per heavy atom. The van der Waals surface area contributed by atoms with Gasteiger partial charge in [0.25, 0.3) is 0 Å². The molecule has 4 heteroatoms. The predicted octanol–water partition coefficient (Wildman–Crippen LogP) is 2.30. The smallest absolute Gasteiger partial charge is 0.0700 e. The van der Waals surface area contributed by atoms with Crippen LogP contribution in [0.4, 0.5) is 0 Å². The summed E-state index contributed by atoms with van der Waals surface area (Å²) in [5.41, 5.74) is 0. The van der Waals surface area contributed by atoms with Crippen molar-refractivity contribution < 1.29 is 9.47 Å². The average molecular weight is 261 g/mol. The molecule has 1 fully saturated rings. The fourth-order valence-corrected chi connectivity index (χ4v) is 3.22. The molecule has 0 aliphatic carbocycles. The molecule has 2 unspecified atom stereocenters. The van der Waals surface area contributed by atoms with Crippen LogP contribution in [0.5, 0.6) is 0 Å². The maximum Gasteiger partial charge on any atom is 0.0700 e. The summed E-state index contributed by atoms with van der Waals surface area (Å²) >= 11 is 2.10. The molecule has 0 bridgehead atoms. The van der Waals surface area contributed by atoms with Crippen molar-refractivity contribution in [2.75, 3.05) is 39.2 Å². The Bertz CT molecular complexity index is 181. The molecule has 0 spiro atoms. The number of hydrogen-bond acceptors (Lipinski definition) is 4. The zero-order valence-corrected chi connectivity index (χ0v) is 12.1. The van der Waals surface area contributed by atoms with Gasteiger partial charge < -0.3 is 14.8 Å². The van der Waals surface area contributed by atoms with Crippen LogP contribution in [0.15, 0.2) is 0 Å². The Balaban J connectivity index is 1.86. The summed E-state index contributed by atoms with van der Waals surface area (Å²) < 4.78 is 10.4.